The number of aromatic nitrogens is 3. The molecule has 1 unspecified atom stereocenters. The van der Waals surface area contributed by atoms with Crippen LogP contribution in [-0.4, -0.2) is 26.7 Å². The van der Waals surface area contributed by atoms with E-state index in [1.54, 1.807) is 10.7 Å². The third-order valence-electron chi connectivity index (χ3n) is 4.20. The molecule has 2 aromatic heterocycles. The van der Waals surface area contributed by atoms with E-state index < -0.39 is 0 Å². The summed E-state index contributed by atoms with van der Waals surface area (Å²) in [6.45, 7) is 8.95. The van der Waals surface area contributed by atoms with E-state index in [-0.39, 0.29) is 5.54 Å². The van der Waals surface area contributed by atoms with Crippen molar-refractivity contribution >= 4 is 5.65 Å². The fraction of sp³-hybridized carbons (Fsp3) is 0.400. The van der Waals surface area contributed by atoms with Crippen molar-refractivity contribution in [2.75, 3.05) is 6.61 Å². The van der Waals surface area contributed by atoms with Crippen LogP contribution in [0, 0.1) is 12.8 Å². The summed E-state index contributed by atoms with van der Waals surface area (Å²) in [4.78, 5) is 4.42. The lowest BCUT2D eigenvalue weighted by Crippen LogP contribution is -2.43. The second-order valence-electron chi connectivity index (χ2n) is 7.47. The van der Waals surface area contributed by atoms with Gasteiger partial charge in [0.25, 0.3) is 0 Å². The molecule has 0 saturated heterocycles. The standard InChI is InChI=1S/C20H26N4O/c1-14(2)11-20(4,21)13-25-18-7-6-16(10-15(18)3)17-12-23-24-9-5-8-22-19(17)24/h5-10,12,14H,11,13,21H2,1-4H3. The van der Waals surface area contributed by atoms with Crippen LogP contribution in [-0.2, 0) is 0 Å². The monoisotopic (exact) mass is 338 g/mol. The number of nitrogens with two attached hydrogens (primary N) is 1. The summed E-state index contributed by atoms with van der Waals surface area (Å²) in [6, 6.07) is 8.02. The molecule has 5 nitrogen and oxygen atoms in total. The Morgan fingerprint density at radius 3 is 2.84 bits per heavy atom. The molecular weight excluding hydrogens is 312 g/mol. The first kappa shape index (κ1) is 17.4. The van der Waals surface area contributed by atoms with Crippen LogP contribution < -0.4 is 10.5 Å². The highest BCUT2D eigenvalue weighted by Crippen LogP contribution is 2.29. The van der Waals surface area contributed by atoms with Crippen LogP contribution in [0.15, 0.2) is 42.9 Å². The van der Waals surface area contributed by atoms with E-state index in [1.807, 2.05) is 44.4 Å². The maximum Gasteiger partial charge on any atom is 0.162 e. The average molecular weight is 338 g/mol. The maximum atomic E-state index is 6.34. The number of rotatable bonds is 6. The van der Waals surface area contributed by atoms with Gasteiger partial charge in [-0.2, -0.15) is 5.10 Å². The molecule has 0 aliphatic rings. The lowest BCUT2D eigenvalue weighted by atomic mass is 9.93. The molecule has 0 aliphatic heterocycles. The minimum Gasteiger partial charge on any atom is -0.491 e. The van der Waals surface area contributed by atoms with Gasteiger partial charge in [-0.25, -0.2) is 9.50 Å². The molecule has 2 N–H and O–H groups in total. The van der Waals surface area contributed by atoms with Crippen LogP contribution in [0.2, 0.25) is 0 Å². The first-order chi connectivity index (χ1) is 11.9. The lowest BCUT2D eigenvalue weighted by Gasteiger charge is -2.27. The van der Waals surface area contributed by atoms with Crippen LogP contribution in [0.5, 0.6) is 5.75 Å². The highest BCUT2D eigenvalue weighted by atomic mass is 16.5. The van der Waals surface area contributed by atoms with Crippen molar-refractivity contribution in [1.82, 2.24) is 14.6 Å². The summed E-state index contributed by atoms with van der Waals surface area (Å²) in [5.41, 5.74) is 10.0. The topological polar surface area (TPSA) is 65.4 Å². The van der Waals surface area contributed by atoms with Gasteiger partial charge in [-0.1, -0.05) is 19.9 Å². The predicted molar refractivity (Wildman–Crippen MR) is 101 cm³/mol. The largest absolute Gasteiger partial charge is 0.491 e. The molecule has 0 fully saturated rings. The highest BCUT2D eigenvalue weighted by molar-refractivity contribution is 5.77. The molecule has 3 aromatic rings. The van der Waals surface area contributed by atoms with E-state index in [4.69, 9.17) is 10.5 Å². The highest BCUT2D eigenvalue weighted by Gasteiger charge is 2.21. The fourth-order valence-electron chi connectivity index (χ4n) is 3.24. The molecule has 25 heavy (non-hydrogen) atoms. The van der Waals surface area contributed by atoms with Gasteiger partial charge in [0, 0.05) is 23.5 Å². The first-order valence-corrected chi connectivity index (χ1v) is 8.67. The Morgan fingerprint density at radius 2 is 2.12 bits per heavy atom. The number of hydrogen-bond donors (Lipinski definition) is 1. The van der Waals surface area contributed by atoms with E-state index in [0.29, 0.717) is 12.5 Å². The Bertz CT molecular complexity index is 867. The smallest absolute Gasteiger partial charge is 0.162 e. The van der Waals surface area contributed by atoms with Gasteiger partial charge >= 0.3 is 0 Å². The van der Waals surface area contributed by atoms with Crippen LogP contribution in [0.25, 0.3) is 16.8 Å². The number of benzene rings is 1. The molecule has 0 bridgehead atoms. The normalized spacial score (nSPS) is 14.0. The zero-order valence-electron chi connectivity index (χ0n) is 15.4. The van der Waals surface area contributed by atoms with Crippen LogP contribution in [0.1, 0.15) is 32.8 Å². The van der Waals surface area contributed by atoms with Gasteiger partial charge < -0.3 is 10.5 Å². The van der Waals surface area contributed by atoms with Crippen LogP contribution in [0.3, 0.4) is 0 Å². The van der Waals surface area contributed by atoms with Crippen LogP contribution in [0.4, 0.5) is 0 Å². The number of nitrogens with zero attached hydrogens (tertiary/aromatic N) is 3. The molecule has 1 aromatic carbocycles. The fourth-order valence-corrected chi connectivity index (χ4v) is 3.24. The van der Waals surface area contributed by atoms with Crippen molar-refractivity contribution in [1.29, 1.82) is 0 Å². The van der Waals surface area contributed by atoms with Gasteiger partial charge in [0.1, 0.15) is 12.4 Å². The van der Waals surface area contributed by atoms with Crippen molar-refractivity contribution in [3.8, 4) is 16.9 Å². The van der Waals surface area contributed by atoms with E-state index in [9.17, 15) is 0 Å². The molecule has 2 heterocycles. The molecule has 5 heteroatoms. The van der Waals surface area contributed by atoms with Gasteiger partial charge in [-0.3, -0.25) is 0 Å². The Labute approximate surface area is 148 Å². The zero-order valence-corrected chi connectivity index (χ0v) is 15.4. The number of aryl methyl sites for hydroxylation is 1. The number of fused-ring (bicyclic) bond motifs is 1. The molecule has 0 radical (unpaired) electrons. The van der Waals surface area contributed by atoms with E-state index >= 15 is 0 Å². The van der Waals surface area contributed by atoms with Gasteiger partial charge in [-0.05, 0) is 55.5 Å². The van der Waals surface area contributed by atoms with Gasteiger partial charge in [0.2, 0.25) is 0 Å². The third-order valence-corrected chi connectivity index (χ3v) is 4.20. The SMILES string of the molecule is Cc1cc(-c2cnn3cccnc23)ccc1OCC(C)(N)CC(C)C. The summed E-state index contributed by atoms with van der Waals surface area (Å²) in [5, 5.41) is 4.35. The Hall–Kier alpha value is -2.40. The lowest BCUT2D eigenvalue weighted by molar-refractivity contribution is 0.206. The molecule has 3 rings (SSSR count). The summed E-state index contributed by atoms with van der Waals surface area (Å²) >= 11 is 0. The van der Waals surface area contributed by atoms with Gasteiger partial charge in [0.05, 0.1) is 6.20 Å². The van der Waals surface area contributed by atoms with E-state index in [1.165, 1.54) is 0 Å². The second-order valence-corrected chi connectivity index (χ2v) is 7.47. The summed E-state index contributed by atoms with van der Waals surface area (Å²) in [7, 11) is 0. The molecular formula is C20H26N4O. The van der Waals surface area contributed by atoms with Crippen molar-refractivity contribution in [2.24, 2.45) is 11.7 Å². The predicted octanol–water partition coefficient (Wildman–Crippen LogP) is 3.85. The van der Waals surface area contributed by atoms with E-state index in [0.717, 1.165) is 34.5 Å². The molecule has 0 spiro atoms. The van der Waals surface area contributed by atoms with Crippen molar-refractivity contribution < 1.29 is 4.74 Å². The first-order valence-electron chi connectivity index (χ1n) is 8.67. The Morgan fingerprint density at radius 1 is 1.32 bits per heavy atom. The Kier molecular flexibility index (Phi) is 4.77. The van der Waals surface area contributed by atoms with Crippen molar-refractivity contribution in [3.05, 3.63) is 48.4 Å². The second kappa shape index (κ2) is 6.84. The maximum absolute atomic E-state index is 6.34. The summed E-state index contributed by atoms with van der Waals surface area (Å²) < 4.78 is 7.78. The molecule has 0 saturated carbocycles. The Balaban J connectivity index is 1.79. The van der Waals surface area contributed by atoms with E-state index in [2.05, 4.69) is 30.0 Å². The molecule has 1 atom stereocenters. The summed E-state index contributed by atoms with van der Waals surface area (Å²) in [5.74, 6) is 1.42. The molecule has 0 aliphatic carbocycles. The summed E-state index contributed by atoms with van der Waals surface area (Å²) in [6.07, 6.45) is 6.45. The molecule has 132 valence electrons. The van der Waals surface area contributed by atoms with Gasteiger partial charge in [0.15, 0.2) is 5.65 Å². The minimum absolute atomic E-state index is 0.328. The number of hydrogen-bond acceptors (Lipinski definition) is 4. The van der Waals surface area contributed by atoms with Crippen molar-refractivity contribution in [3.63, 3.8) is 0 Å². The average Bonchev–Trinajstić information content (AvgIpc) is 2.96. The minimum atomic E-state index is -0.328. The van der Waals surface area contributed by atoms with Gasteiger partial charge in [-0.15, -0.1) is 0 Å². The zero-order chi connectivity index (χ0) is 18.0. The quantitative estimate of drug-likeness (QED) is 0.741. The molecule has 0 amide bonds. The third kappa shape index (κ3) is 3.99. The van der Waals surface area contributed by atoms with Crippen molar-refractivity contribution in [2.45, 2.75) is 39.7 Å². The van der Waals surface area contributed by atoms with Crippen LogP contribution >= 0.6 is 0 Å². The number of ether oxygens (including phenoxy) is 1.